The summed E-state index contributed by atoms with van der Waals surface area (Å²) in [6.45, 7) is 6.26. The molecule has 0 amide bonds. The Balaban J connectivity index is 1.69. The van der Waals surface area contributed by atoms with Gasteiger partial charge in [-0.25, -0.2) is 0 Å². The quantitative estimate of drug-likeness (QED) is 0.878. The van der Waals surface area contributed by atoms with Crippen molar-refractivity contribution < 1.29 is 4.74 Å². The summed E-state index contributed by atoms with van der Waals surface area (Å²) >= 11 is 0. The minimum absolute atomic E-state index is 0.00354. The van der Waals surface area contributed by atoms with Crippen LogP contribution in [0.4, 0.5) is 0 Å². The maximum atomic E-state index is 6.76. The second-order valence-corrected chi connectivity index (χ2v) is 7.06. The number of ether oxygens (including phenoxy) is 1. The normalized spacial score (nSPS) is 30.2. The third-order valence-electron chi connectivity index (χ3n) is 5.91. The molecule has 0 saturated carbocycles. The summed E-state index contributed by atoms with van der Waals surface area (Å²) in [5, 5.41) is 1.10. The summed E-state index contributed by atoms with van der Waals surface area (Å²) in [6, 6.07) is 8.48. The molecule has 4 heterocycles. The van der Waals surface area contributed by atoms with E-state index in [2.05, 4.69) is 34.7 Å². The smallest absolute Gasteiger partial charge is 0.119 e. The molecule has 4 heteroatoms. The van der Waals surface area contributed by atoms with E-state index in [9.17, 15) is 0 Å². The molecule has 3 fully saturated rings. The van der Waals surface area contributed by atoms with E-state index in [1.54, 1.807) is 7.11 Å². The lowest BCUT2D eigenvalue weighted by atomic mass is 9.73. The highest BCUT2D eigenvalue weighted by Crippen LogP contribution is 2.41. The number of nitrogens with zero attached hydrogens (tertiary/aromatic N) is 2. The van der Waals surface area contributed by atoms with Gasteiger partial charge in [0, 0.05) is 30.2 Å². The number of methoxy groups -OCH3 is 1. The molecule has 1 aromatic heterocycles. The number of fused-ring (bicyclic) bond motifs is 4. The first-order valence-electron chi connectivity index (χ1n) is 8.76. The van der Waals surface area contributed by atoms with Crippen LogP contribution in [-0.4, -0.2) is 36.1 Å². The number of benzene rings is 1. The Hall–Kier alpha value is -1.91. The molecule has 0 radical (unpaired) electrons. The van der Waals surface area contributed by atoms with Crippen LogP contribution >= 0.6 is 0 Å². The van der Waals surface area contributed by atoms with Crippen LogP contribution in [0, 0.1) is 11.8 Å². The molecule has 0 spiro atoms. The summed E-state index contributed by atoms with van der Waals surface area (Å²) in [4.78, 5) is 7.04. The molecular formula is C20H25N3O. The molecule has 24 heavy (non-hydrogen) atoms. The molecule has 3 aliphatic rings. The van der Waals surface area contributed by atoms with Crippen molar-refractivity contribution in [3.63, 3.8) is 0 Å². The van der Waals surface area contributed by atoms with Gasteiger partial charge in [0.15, 0.2) is 0 Å². The van der Waals surface area contributed by atoms with Gasteiger partial charge in [-0.3, -0.25) is 9.88 Å². The van der Waals surface area contributed by atoms with Crippen LogP contribution in [0.3, 0.4) is 0 Å². The zero-order chi connectivity index (χ0) is 16.7. The summed E-state index contributed by atoms with van der Waals surface area (Å²) in [7, 11) is 1.69. The first kappa shape index (κ1) is 15.6. The van der Waals surface area contributed by atoms with Crippen molar-refractivity contribution in [2.24, 2.45) is 17.6 Å². The van der Waals surface area contributed by atoms with E-state index < -0.39 is 0 Å². The van der Waals surface area contributed by atoms with Gasteiger partial charge < -0.3 is 10.5 Å². The fraction of sp³-hybridized carbons (Fsp3) is 0.450. The monoisotopic (exact) mass is 323 g/mol. The van der Waals surface area contributed by atoms with E-state index in [0.717, 1.165) is 42.1 Å². The molecule has 5 atom stereocenters. The predicted octanol–water partition coefficient (Wildman–Crippen LogP) is 3.14. The molecule has 5 rings (SSSR count). The van der Waals surface area contributed by atoms with Crippen molar-refractivity contribution in [1.82, 2.24) is 9.88 Å². The Labute approximate surface area is 143 Å². The highest BCUT2D eigenvalue weighted by atomic mass is 16.5. The highest BCUT2D eigenvalue weighted by Gasteiger charge is 2.41. The molecular weight excluding hydrogens is 298 g/mol. The average molecular weight is 323 g/mol. The topological polar surface area (TPSA) is 51.4 Å². The van der Waals surface area contributed by atoms with Gasteiger partial charge in [0.2, 0.25) is 0 Å². The molecule has 0 aliphatic carbocycles. The number of rotatable bonds is 4. The summed E-state index contributed by atoms with van der Waals surface area (Å²) in [5.41, 5.74) is 8.91. The lowest BCUT2D eigenvalue weighted by Crippen LogP contribution is -2.56. The van der Waals surface area contributed by atoms with Crippen LogP contribution in [0.5, 0.6) is 5.75 Å². The van der Waals surface area contributed by atoms with Gasteiger partial charge in [-0.2, -0.15) is 0 Å². The van der Waals surface area contributed by atoms with Crippen molar-refractivity contribution >= 4 is 10.9 Å². The SMILES string of the molecule is C=CC1CN2CC[C@H]1C[C@H]2[C@@H](N)c1ccnc2ccc(OC)cc12. The summed E-state index contributed by atoms with van der Waals surface area (Å²) < 4.78 is 5.39. The Morgan fingerprint density at radius 1 is 1.42 bits per heavy atom. The lowest BCUT2D eigenvalue weighted by Gasteiger charge is -2.51. The molecule has 2 N–H and O–H groups in total. The molecule has 3 aliphatic heterocycles. The van der Waals surface area contributed by atoms with Crippen LogP contribution < -0.4 is 10.5 Å². The van der Waals surface area contributed by atoms with Crippen LogP contribution in [0.15, 0.2) is 43.1 Å². The minimum atomic E-state index is -0.00354. The van der Waals surface area contributed by atoms with Crippen molar-refractivity contribution in [2.75, 3.05) is 20.2 Å². The number of hydrogen-bond donors (Lipinski definition) is 1. The molecule has 126 valence electrons. The fourth-order valence-electron chi connectivity index (χ4n) is 4.52. The second-order valence-electron chi connectivity index (χ2n) is 7.06. The van der Waals surface area contributed by atoms with Gasteiger partial charge in [0.1, 0.15) is 5.75 Å². The standard InChI is InChI=1S/C20H25N3O/c1-3-13-12-23-9-7-14(13)10-19(23)20(21)16-6-8-22-18-5-4-15(24-2)11-17(16)18/h3-6,8,11,13-14,19-20H,1,7,9-10,12,21H2,2H3/t13?,14-,19-,20-/m0/s1. The van der Waals surface area contributed by atoms with E-state index in [1.807, 2.05) is 18.3 Å². The molecule has 3 saturated heterocycles. The van der Waals surface area contributed by atoms with E-state index >= 15 is 0 Å². The highest BCUT2D eigenvalue weighted by molar-refractivity contribution is 5.84. The van der Waals surface area contributed by atoms with Gasteiger partial charge in [-0.05, 0) is 61.1 Å². The Morgan fingerprint density at radius 3 is 3.00 bits per heavy atom. The van der Waals surface area contributed by atoms with Crippen LogP contribution in [0.1, 0.15) is 24.4 Å². The second kappa shape index (κ2) is 6.19. The molecule has 1 aromatic carbocycles. The van der Waals surface area contributed by atoms with Crippen molar-refractivity contribution in [3.05, 3.63) is 48.7 Å². The Kier molecular flexibility index (Phi) is 4.02. The third kappa shape index (κ3) is 2.50. The molecule has 2 bridgehead atoms. The molecule has 2 aromatic rings. The zero-order valence-electron chi connectivity index (χ0n) is 14.2. The number of pyridine rings is 1. The van der Waals surface area contributed by atoms with Gasteiger partial charge >= 0.3 is 0 Å². The number of piperidine rings is 3. The number of aromatic nitrogens is 1. The van der Waals surface area contributed by atoms with E-state index in [4.69, 9.17) is 10.5 Å². The first-order chi connectivity index (χ1) is 11.7. The predicted molar refractivity (Wildman–Crippen MR) is 97.0 cm³/mol. The van der Waals surface area contributed by atoms with Crippen LogP contribution in [0.25, 0.3) is 10.9 Å². The van der Waals surface area contributed by atoms with Gasteiger partial charge in [-0.15, -0.1) is 6.58 Å². The van der Waals surface area contributed by atoms with E-state index in [0.29, 0.717) is 12.0 Å². The van der Waals surface area contributed by atoms with E-state index in [-0.39, 0.29) is 6.04 Å². The average Bonchev–Trinajstić information content (AvgIpc) is 2.66. The van der Waals surface area contributed by atoms with Crippen LogP contribution in [-0.2, 0) is 0 Å². The lowest BCUT2D eigenvalue weighted by molar-refractivity contribution is 0.00749. The maximum absolute atomic E-state index is 6.76. The van der Waals surface area contributed by atoms with Gasteiger partial charge in [-0.1, -0.05) is 6.08 Å². The summed E-state index contributed by atoms with van der Waals surface area (Å²) in [6.07, 6.45) is 6.43. The van der Waals surface area contributed by atoms with Crippen molar-refractivity contribution in [3.8, 4) is 5.75 Å². The first-order valence-corrected chi connectivity index (χ1v) is 8.76. The van der Waals surface area contributed by atoms with E-state index in [1.165, 1.54) is 12.0 Å². The van der Waals surface area contributed by atoms with Crippen molar-refractivity contribution in [1.29, 1.82) is 0 Å². The maximum Gasteiger partial charge on any atom is 0.119 e. The third-order valence-corrected chi connectivity index (χ3v) is 5.91. The summed E-state index contributed by atoms with van der Waals surface area (Å²) in [5.74, 6) is 2.20. The fourth-order valence-corrected chi connectivity index (χ4v) is 4.52. The van der Waals surface area contributed by atoms with Crippen molar-refractivity contribution in [2.45, 2.75) is 24.9 Å². The minimum Gasteiger partial charge on any atom is -0.497 e. The van der Waals surface area contributed by atoms with Gasteiger partial charge in [0.05, 0.1) is 12.6 Å². The Bertz CT molecular complexity index is 760. The molecule has 4 nitrogen and oxygen atoms in total. The number of nitrogens with two attached hydrogens (primary N) is 1. The Morgan fingerprint density at radius 2 is 2.29 bits per heavy atom. The largest absolute Gasteiger partial charge is 0.497 e. The molecule has 2 unspecified atom stereocenters. The van der Waals surface area contributed by atoms with Gasteiger partial charge in [0.25, 0.3) is 0 Å². The zero-order valence-corrected chi connectivity index (χ0v) is 14.2. The number of hydrogen-bond acceptors (Lipinski definition) is 4. The van der Waals surface area contributed by atoms with Crippen LogP contribution in [0.2, 0.25) is 0 Å².